The quantitative estimate of drug-likeness (QED) is 0.0151. The van der Waals surface area contributed by atoms with E-state index in [2.05, 4.69) is 26.8 Å². The van der Waals surface area contributed by atoms with Crippen molar-refractivity contribution in [1.82, 2.24) is 0 Å². The fraction of sp³-hybridized carbons (Fsp3) is 0.804. The molecule has 0 heterocycles. The number of rotatable bonds is 46. The Morgan fingerprint density at radius 3 is 1.73 bits per heavy atom. The summed E-state index contributed by atoms with van der Waals surface area (Å²) >= 11 is 0. The highest BCUT2D eigenvalue weighted by molar-refractivity contribution is 7.47. The van der Waals surface area contributed by atoms with Gasteiger partial charge in [0.25, 0.3) is 0 Å². The first kappa shape index (κ1) is 60.9. The van der Waals surface area contributed by atoms with Crippen molar-refractivity contribution in [2.75, 3.05) is 26.4 Å². The Morgan fingerprint density at radius 1 is 0.603 bits per heavy atom. The van der Waals surface area contributed by atoms with Gasteiger partial charge in [-0.25, -0.2) is 4.57 Å². The molecule has 0 fully saturated rings. The number of ether oxygens (including phenoxy) is 2. The predicted molar refractivity (Wildman–Crippen MR) is 257 cm³/mol. The number of carbonyl (C=O) groups is 2. The first-order valence-corrected chi connectivity index (χ1v) is 26.6. The minimum Gasteiger partial charge on any atom is -0.462 e. The second-order valence-electron chi connectivity index (χ2n) is 17.3. The fourth-order valence-electron chi connectivity index (χ4n) is 6.81. The van der Waals surface area contributed by atoms with Crippen molar-refractivity contribution >= 4 is 19.8 Å². The van der Waals surface area contributed by atoms with Crippen LogP contribution >= 0.6 is 7.82 Å². The molecule has 11 nitrogen and oxygen atoms in total. The Kier molecular flexibility index (Phi) is 43.6. The van der Waals surface area contributed by atoms with Crippen molar-refractivity contribution in [3.63, 3.8) is 0 Å². The molecule has 368 valence electrons. The molecule has 0 aromatic rings. The highest BCUT2D eigenvalue weighted by Gasteiger charge is 2.27. The van der Waals surface area contributed by atoms with Crippen molar-refractivity contribution < 1.29 is 52.9 Å². The van der Waals surface area contributed by atoms with E-state index in [9.17, 15) is 29.3 Å². The van der Waals surface area contributed by atoms with Crippen LogP contribution in [0, 0.1) is 5.92 Å². The smallest absolute Gasteiger partial charge is 0.462 e. The number of phosphoric acid groups is 1. The first-order valence-electron chi connectivity index (χ1n) is 25.1. The van der Waals surface area contributed by atoms with Gasteiger partial charge in [0, 0.05) is 12.8 Å². The van der Waals surface area contributed by atoms with Crippen LogP contribution in [-0.2, 0) is 32.7 Å². The third-order valence-corrected chi connectivity index (χ3v) is 12.1. The summed E-state index contributed by atoms with van der Waals surface area (Å²) in [4.78, 5) is 35.1. The van der Waals surface area contributed by atoms with Gasteiger partial charge in [0.1, 0.15) is 12.7 Å². The summed E-state index contributed by atoms with van der Waals surface area (Å²) in [6.07, 6.45) is 45.4. The molecule has 0 aliphatic heterocycles. The monoisotopic (exact) mass is 913 g/mol. The number of unbranched alkanes of at least 4 members (excludes halogenated alkanes) is 21. The lowest BCUT2D eigenvalue weighted by molar-refractivity contribution is -0.161. The summed E-state index contributed by atoms with van der Waals surface area (Å²) in [6, 6.07) is 0. The van der Waals surface area contributed by atoms with Crippen LogP contribution < -0.4 is 0 Å². The number of hydrogen-bond acceptors (Lipinski definition) is 10. The third kappa shape index (κ3) is 44.9. The minimum atomic E-state index is -4.65. The molecule has 0 saturated carbocycles. The van der Waals surface area contributed by atoms with E-state index >= 15 is 0 Å². The molecule has 0 spiro atoms. The minimum absolute atomic E-state index is 0.134. The van der Waals surface area contributed by atoms with E-state index in [-0.39, 0.29) is 19.4 Å². The Hall–Kier alpha value is -2.11. The second-order valence-corrected chi connectivity index (χ2v) is 18.7. The molecule has 2 unspecified atom stereocenters. The average Bonchev–Trinajstić information content (AvgIpc) is 3.27. The van der Waals surface area contributed by atoms with Gasteiger partial charge in [-0.2, -0.15) is 0 Å². The van der Waals surface area contributed by atoms with Crippen molar-refractivity contribution in [3.05, 3.63) is 48.6 Å². The lowest BCUT2D eigenvalue weighted by Gasteiger charge is -2.20. The van der Waals surface area contributed by atoms with E-state index in [1.807, 2.05) is 36.5 Å². The summed E-state index contributed by atoms with van der Waals surface area (Å²) in [6.45, 7) is 4.61. The maximum atomic E-state index is 12.7. The number of allylic oxidation sites excluding steroid dienone is 6. The Bertz CT molecular complexity index is 1220. The Labute approximate surface area is 384 Å². The summed E-state index contributed by atoms with van der Waals surface area (Å²) < 4.78 is 32.7. The van der Waals surface area contributed by atoms with Crippen molar-refractivity contribution in [3.8, 4) is 0 Å². The van der Waals surface area contributed by atoms with Gasteiger partial charge in [-0.15, -0.1) is 0 Å². The zero-order valence-electron chi connectivity index (χ0n) is 40.1. The number of esters is 2. The molecule has 0 amide bonds. The highest BCUT2D eigenvalue weighted by Crippen LogP contribution is 2.43. The maximum Gasteiger partial charge on any atom is 0.472 e. The molecular formula is C51H93O11P. The average molecular weight is 913 g/mol. The summed E-state index contributed by atoms with van der Waals surface area (Å²) in [7, 11) is -4.65. The van der Waals surface area contributed by atoms with Crippen LogP contribution in [0.15, 0.2) is 48.6 Å². The number of aliphatic hydroxyl groups excluding tert-OH is 3. The van der Waals surface area contributed by atoms with Crippen molar-refractivity contribution in [2.45, 2.75) is 232 Å². The van der Waals surface area contributed by atoms with E-state index in [0.717, 1.165) is 31.6 Å². The van der Waals surface area contributed by atoms with Gasteiger partial charge >= 0.3 is 19.8 Å². The van der Waals surface area contributed by atoms with Crippen LogP contribution in [0.2, 0.25) is 0 Å². The largest absolute Gasteiger partial charge is 0.472 e. The molecular weight excluding hydrogens is 820 g/mol. The van der Waals surface area contributed by atoms with E-state index in [4.69, 9.17) is 23.6 Å². The van der Waals surface area contributed by atoms with E-state index in [1.54, 1.807) is 6.08 Å². The summed E-state index contributed by atoms with van der Waals surface area (Å²) in [5.74, 6) is -0.136. The zero-order valence-corrected chi connectivity index (χ0v) is 41.0. The van der Waals surface area contributed by atoms with Crippen LogP contribution in [0.4, 0.5) is 0 Å². The molecule has 0 aliphatic rings. The van der Waals surface area contributed by atoms with Gasteiger partial charge in [0.05, 0.1) is 25.9 Å². The molecule has 5 atom stereocenters. The zero-order chi connectivity index (χ0) is 46.5. The molecule has 0 radical (unpaired) electrons. The molecule has 0 aromatic heterocycles. The fourth-order valence-corrected chi connectivity index (χ4v) is 7.60. The standard InChI is InChI=1S/C51H93O11P/c1-4-6-7-8-28-33-38-47(53)39-34-29-24-21-22-25-30-35-40-50(55)59-44-49(45-61-63(57,58)60-43-48(54)42-52)62-51(56)41-36-31-26-20-18-16-14-12-10-9-11-13-15-17-19-23-27-32-37-46(3)5-2/h22,24-25,28-29,33-34,39,46-49,52-54H,4-21,23,26-27,30-32,35-38,40-45H2,1-3H3,(H,57,58)/b25-22-,29-24-,33-28-,39-34+/t46?,47-,48+,49-/m1/s1. The van der Waals surface area contributed by atoms with Crippen LogP contribution in [0.3, 0.4) is 0 Å². The van der Waals surface area contributed by atoms with E-state index in [0.29, 0.717) is 32.1 Å². The Morgan fingerprint density at radius 2 is 1.14 bits per heavy atom. The maximum absolute atomic E-state index is 12.7. The number of phosphoric ester groups is 1. The Balaban J connectivity index is 4.30. The number of hydrogen-bond donors (Lipinski definition) is 4. The van der Waals surface area contributed by atoms with Gasteiger partial charge in [-0.05, 0) is 50.9 Å². The number of aliphatic hydroxyl groups is 3. The molecule has 4 N–H and O–H groups in total. The molecule has 0 aromatic carbocycles. The van der Waals surface area contributed by atoms with Crippen LogP contribution in [0.5, 0.6) is 0 Å². The van der Waals surface area contributed by atoms with Gasteiger partial charge < -0.3 is 29.7 Å². The SMILES string of the molecule is CCCCC/C=C\C[C@@H](O)/C=C/C=C\C/C=C\CCCC(=O)OC[C@H](COP(=O)(O)OC[C@@H](O)CO)OC(=O)CCCCCCCCCCCCCCCCCCCCC(C)CC. The topological polar surface area (TPSA) is 169 Å². The van der Waals surface area contributed by atoms with E-state index in [1.165, 1.54) is 122 Å². The molecule has 0 aliphatic carbocycles. The van der Waals surface area contributed by atoms with Crippen LogP contribution in [-0.4, -0.2) is 76.9 Å². The molecule has 12 heteroatoms. The highest BCUT2D eigenvalue weighted by atomic mass is 31.2. The van der Waals surface area contributed by atoms with Crippen molar-refractivity contribution in [1.29, 1.82) is 0 Å². The van der Waals surface area contributed by atoms with Gasteiger partial charge in [0.15, 0.2) is 6.10 Å². The predicted octanol–water partition coefficient (Wildman–Crippen LogP) is 12.9. The number of carbonyl (C=O) groups excluding carboxylic acids is 2. The lowest BCUT2D eigenvalue weighted by Crippen LogP contribution is -2.29. The molecule has 0 rings (SSSR count). The van der Waals surface area contributed by atoms with Crippen LogP contribution in [0.25, 0.3) is 0 Å². The van der Waals surface area contributed by atoms with Gasteiger partial charge in [-0.1, -0.05) is 204 Å². The van der Waals surface area contributed by atoms with Crippen molar-refractivity contribution in [2.24, 2.45) is 5.92 Å². The first-order chi connectivity index (χ1) is 30.5. The third-order valence-electron chi connectivity index (χ3n) is 11.1. The second kappa shape index (κ2) is 45.1. The van der Waals surface area contributed by atoms with Crippen LogP contribution in [0.1, 0.15) is 213 Å². The molecule has 63 heavy (non-hydrogen) atoms. The van der Waals surface area contributed by atoms with Gasteiger partial charge in [-0.3, -0.25) is 18.6 Å². The normalized spacial score (nSPS) is 15.1. The molecule has 0 bridgehead atoms. The summed E-state index contributed by atoms with van der Waals surface area (Å²) in [5, 5.41) is 28.4. The van der Waals surface area contributed by atoms with E-state index < -0.39 is 57.9 Å². The molecule has 0 saturated heterocycles. The summed E-state index contributed by atoms with van der Waals surface area (Å²) in [5.41, 5.74) is 0. The lowest BCUT2D eigenvalue weighted by atomic mass is 9.99. The van der Waals surface area contributed by atoms with Gasteiger partial charge in [0.2, 0.25) is 0 Å².